The molecule has 2 N–H and O–H groups in total. The van der Waals surface area contributed by atoms with Gasteiger partial charge in [-0.1, -0.05) is 26.7 Å². The van der Waals surface area contributed by atoms with E-state index in [2.05, 4.69) is 72.3 Å². The fourth-order valence-electron chi connectivity index (χ4n) is 2.19. The predicted octanol–water partition coefficient (Wildman–Crippen LogP) is 3.11. The molecule has 2 aliphatic rings. The Labute approximate surface area is 170 Å². The summed E-state index contributed by atoms with van der Waals surface area (Å²) >= 11 is 0. The van der Waals surface area contributed by atoms with Gasteiger partial charge in [0, 0.05) is 65.8 Å². The van der Waals surface area contributed by atoms with Crippen LogP contribution in [0.5, 0.6) is 0 Å². The SMILES string of the molecule is CC(=O)O.CC(=O)O.CCCCN1C=CN(C)C1.CCCCN1C=CN(C)C1. The molecule has 0 aromatic carbocycles. The number of rotatable bonds is 6. The summed E-state index contributed by atoms with van der Waals surface area (Å²) in [4.78, 5) is 27.1. The third-order valence-corrected chi connectivity index (χ3v) is 3.47. The first kappa shape index (κ1) is 27.8. The second kappa shape index (κ2) is 18.0. The Bertz CT molecular complexity index is 419. The topological polar surface area (TPSA) is 87.6 Å². The van der Waals surface area contributed by atoms with Crippen LogP contribution in [0.1, 0.15) is 53.4 Å². The van der Waals surface area contributed by atoms with Gasteiger partial charge in [-0.2, -0.15) is 0 Å². The number of nitrogens with zero attached hydrogens (tertiary/aromatic N) is 4. The summed E-state index contributed by atoms with van der Waals surface area (Å²) in [5.74, 6) is -1.67. The number of carboxylic acids is 2. The summed E-state index contributed by atoms with van der Waals surface area (Å²) in [5.41, 5.74) is 0. The van der Waals surface area contributed by atoms with E-state index in [0.717, 1.165) is 27.2 Å². The summed E-state index contributed by atoms with van der Waals surface area (Å²) in [6.07, 6.45) is 13.7. The van der Waals surface area contributed by atoms with Crippen molar-refractivity contribution in [2.24, 2.45) is 0 Å². The van der Waals surface area contributed by atoms with Crippen LogP contribution in [0.3, 0.4) is 0 Å². The highest BCUT2D eigenvalue weighted by Gasteiger charge is 2.06. The van der Waals surface area contributed by atoms with Crippen molar-refractivity contribution in [3.8, 4) is 0 Å². The van der Waals surface area contributed by atoms with Crippen molar-refractivity contribution in [1.29, 1.82) is 0 Å². The van der Waals surface area contributed by atoms with E-state index in [4.69, 9.17) is 19.8 Å². The minimum atomic E-state index is -0.833. The molecule has 0 aliphatic carbocycles. The number of carboxylic acid groups (broad SMARTS) is 2. The van der Waals surface area contributed by atoms with Crippen molar-refractivity contribution in [2.75, 3.05) is 40.5 Å². The molecular formula is C20H40N4O4. The molecular weight excluding hydrogens is 360 g/mol. The third-order valence-electron chi connectivity index (χ3n) is 3.47. The van der Waals surface area contributed by atoms with Gasteiger partial charge in [-0.15, -0.1) is 0 Å². The van der Waals surface area contributed by atoms with Crippen molar-refractivity contribution < 1.29 is 19.8 Å². The summed E-state index contributed by atoms with van der Waals surface area (Å²) in [7, 11) is 4.20. The van der Waals surface area contributed by atoms with Crippen LogP contribution in [0.25, 0.3) is 0 Å². The average molecular weight is 401 g/mol. The van der Waals surface area contributed by atoms with E-state index in [1.807, 2.05) is 0 Å². The third kappa shape index (κ3) is 21.7. The maximum absolute atomic E-state index is 9.00. The standard InChI is InChI=1S/2C8H16N2.2C2H4O2/c2*1-3-4-5-10-7-6-9(2)8-10;2*1-2(3)4/h2*6-7H,3-5,8H2,1-2H3;2*1H3,(H,3,4). The van der Waals surface area contributed by atoms with Crippen LogP contribution in [0.15, 0.2) is 24.8 Å². The van der Waals surface area contributed by atoms with E-state index in [0.29, 0.717) is 0 Å². The van der Waals surface area contributed by atoms with E-state index in [-0.39, 0.29) is 0 Å². The lowest BCUT2D eigenvalue weighted by Gasteiger charge is -2.17. The zero-order valence-corrected chi connectivity index (χ0v) is 18.5. The lowest BCUT2D eigenvalue weighted by Crippen LogP contribution is -2.23. The molecule has 0 atom stereocenters. The quantitative estimate of drug-likeness (QED) is 0.703. The highest BCUT2D eigenvalue weighted by Crippen LogP contribution is 2.05. The smallest absolute Gasteiger partial charge is 0.300 e. The minimum absolute atomic E-state index is 0.833. The van der Waals surface area contributed by atoms with Crippen molar-refractivity contribution in [3.63, 3.8) is 0 Å². The van der Waals surface area contributed by atoms with E-state index < -0.39 is 11.9 Å². The lowest BCUT2D eigenvalue weighted by atomic mass is 10.3. The summed E-state index contributed by atoms with van der Waals surface area (Å²) < 4.78 is 0. The molecule has 0 saturated carbocycles. The van der Waals surface area contributed by atoms with Gasteiger partial charge in [0.05, 0.1) is 13.3 Å². The maximum atomic E-state index is 9.00. The van der Waals surface area contributed by atoms with Gasteiger partial charge < -0.3 is 29.8 Å². The molecule has 0 aromatic rings. The zero-order valence-electron chi connectivity index (χ0n) is 18.5. The Morgan fingerprint density at radius 1 is 0.750 bits per heavy atom. The van der Waals surface area contributed by atoms with E-state index in [9.17, 15) is 0 Å². The largest absolute Gasteiger partial charge is 0.481 e. The fourth-order valence-corrected chi connectivity index (χ4v) is 2.19. The first-order chi connectivity index (χ1) is 13.1. The molecule has 2 heterocycles. The van der Waals surface area contributed by atoms with Crippen molar-refractivity contribution in [2.45, 2.75) is 53.4 Å². The normalized spacial score (nSPS) is 13.9. The van der Waals surface area contributed by atoms with Gasteiger partial charge >= 0.3 is 0 Å². The van der Waals surface area contributed by atoms with E-state index in [1.54, 1.807) is 0 Å². The molecule has 0 saturated heterocycles. The first-order valence-corrected chi connectivity index (χ1v) is 9.76. The van der Waals surface area contributed by atoms with Crippen LogP contribution < -0.4 is 0 Å². The number of hydrogen-bond donors (Lipinski definition) is 2. The molecule has 0 bridgehead atoms. The molecule has 0 aromatic heterocycles. The van der Waals surface area contributed by atoms with Gasteiger partial charge in [0.25, 0.3) is 11.9 Å². The van der Waals surface area contributed by atoms with Gasteiger partial charge in [-0.05, 0) is 12.8 Å². The number of aliphatic carboxylic acids is 2. The van der Waals surface area contributed by atoms with Crippen LogP contribution >= 0.6 is 0 Å². The number of unbranched alkanes of at least 4 members (excludes halogenated alkanes) is 2. The van der Waals surface area contributed by atoms with Crippen LogP contribution in [-0.2, 0) is 9.59 Å². The second-order valence-electron chi connectivity index (χ2n) is 6.76. The Hall–Kier alpha value is -2.38. The Kier molecular flexibility index (Phi) is 17.9. The molecule has 0 amide bonds. The highest BCUT2D eigenvalue weighted by atomic mass is 16.4. The Morgan fingerprint density at radius 2 is 1.04 bits per heavy atom. The molecule has 0 unspecified atom stereocenters. The van der Waals surface area contributed by atoms with Crippen LogP contribution in [0, 0.1) is 0 Å². The molecule has 0 radical (unpaired) electrons. The maximum Gasteiger partial charge on any atom is 0.300 e. The molecule has 28 heavy (non-hydrogen) atoms. The Balaban J connectivity index is 0. The molecule has 0 fully saturated rings. The molecule has 164 valence electrons. The van der Waals surface area contributed by atoms with Crippen LogP contribution in [-0.4, -0.2) is 82.3 Å². The van der Waals surface area contributed by atoms with E-state index in [1.165, 1.54) is 38.8 Å². The molecule has 8 heteroatoms. The Morgan fingerprint density at radius 3 is 1.21 bits per heavy atom. The van der Waals surface area contributed by atoms with Crippen LogP contribution in [0.4, 0.5) is 0 Å². The monoisotopic (exact) mass is 400 g/mol. The van der Waals surface area contributed by atoms with Crippen molar-refractivity contribution >= 4 is 11.9 Å². The molecule has 2 aliphatic heterocycles. The average Bonchev–Trinajstić information content (AvgIpc) is 3.19. The first-order valence-electron chi connectivity index (χ1n) is 9.76. The predicted molar refractivity (Wildman–Crippen MR) is 113 cm³/mol. The molecule has 2 rings (SSSR count). The second-order valence-corrected chi connectivity index (χ2v) is 6.76. The van der Waals surface area contributed by atoms with Gasteiger partial charge in [0.15, 0.2) is 0 Å². The number of carbonyl (C=O) groups is 2. The van der Waals surface area contributed by atoms with E-state index >= 15 is 0 Å². The molecule has 8 nitrogen and oxygen atoms in total. The summed E-state index contributed by atoms with van der Waals surface area (Å²) in [6.45, 7) is 11.2. The van der Waals surface area contributed by atoms with Gasteiger partial charge in [0.2, 0.25) is 0 Å². The lowest BCUT2D eigenvalue weighted by molar-refractivity contribution is -0.135. The highest BCUT2D eigenvalue weighted by molar-refractivity contribution is 5.63. The number of hydrogen-bond acceptors (Lipinski definition) is 6. The molecule has 0 spiro atoms. The summed E-state index contributed by atoms with van der Waals surface area (Å²) in [5, 5.41) is 14.8. The summed E-state index contributed by atoms with van der Waals surface area (Å²) in [6, 6.07) is 0. The zero-order chi connectivity index (χ0) is 21.9. The van der Waals surface area contributed by atoms with Crippen LogP contribution in [0.2, 0.25) is 0 Å². The van der Waals surface area contributed by atoms with Gasteiger partial charge in [0.1, 0.15) is 0 Å². The van der Waals surface area contributed by atoms with Gasteiger partial charge in [-0.3, -0.25) is 9.59 Å². The van der Waals surface area contributed by atoms with Crippen molar-refractivity contribution in [1.82, 2.24) is 19.6 Å². The fraction of sp³-hybridized carbons (Fsp3) is 0.700. The minimum Gasteiger partial charge on any atom is -0.481 e. The van der Waals surface area contributed by atoms with Crippen molar-refractivity contribution in [3.05, 3.63) is 24.8 Å². The van der Waals surface area contributed by atoms with Gasteiger partial charge in [-0.25, -0.2) is 0 Å².